The van der Waals surface area contributed by atoms with Crippen LogP contribution in [0.15, 0.2) is 12.3 Å². The molecule has 0 saturated heterocycles. The minimum atomic E-state index is -1.31. The van der Waals surface area contributed by atoms with E-state index in [-0.39, 0.29) is 0 Å². The van der Waals surface area contributed by atoms with Crippen LogP contribution in [0.1, 0.15) is 17.3 Å². The van der Waals surface area contributed by atoms with Gasteiger partial charge >= 0.3 is 0 Å². The van der Waals surface area contributed by atoms with Gasteiger partial charge in [-0.25, -0.2) is 9.37 Å². The molecule has 1 aromatic heterocycles. The topological polar surface area (TPSA) is 60.5 Å². The van der Waals surface area contributed by atoms with Crippen molar-refractivity contribution in [2.24, 2.45) is 0 Å². The highest BCUT2D eigenvalue weighted by molar-refractivity contribution is 5.94. The first kappa shape index (κ1) is 14.5. The second-order valence-corrected chi connectivity index (χ2v) is 3.57. The Kier molecular flexibility index (Phi) is 5.11. The van der Waals surface area contributed by atoms with Crippen molar-refractivity contribution in [1.29, 1.82) is 0 Å². The average molecular weight is 260 g/mol. The number of halogens is 2. The summed E-state index contributed by atoms with van der Waals surface area (Å²) in [6, 6.07) is 0.567. The molecular formula is C11H14F2N2O3. The molecule has 5 nitrogen and oxygen atoms in total. The van der Waals surface area contributed by atoms with Crippen LogP contribution < -0.4 is 5.32 Å². The van der Waals surface area contributed by atoms with E-state index < -0.39 is 35.6 Å². The molecule has 0 saturated carbocycles. The van der Waals surface area contributed by atoms with Gasteiger partial charge in [-0.05, 0) is 13.0 Å². The van der Waals surface area contributed by atoms with Crippen LogP contribution in [0, 0.1) is 11.8 Å². The normalized spacial score (nSPS) is 12.6. The standard InChI is InChI=1S/C11H14F2N2O3/c1-6(11(17-2)18-3)15-10(16)7-4-5-14-9(13)8(7)12/h4-6,11H,1-3H3,(H,15,16). The van der Waals surface area contributed by atoms with Gasteiger partial charge in [-0.3, -0.25) is 4.79 Å². The number of carbonyl (C=O) groups is 1. The monoisotopic (exact) mass is 260 g/mol. The zero-order valence-electron chi connectivity index (χ0n) is 10.2. The quantitative estimate of drug-likeness (QED) is 0.636. The van der Waals surface area contributed by atoms with Crippen molar-refractivity contribution >= 4 is 5.91 Å². The Morgan fingerprint density at radius 1 is 1.39 bits per heavy atom. The van der Waals surface area contributed by atoms with Crippen molar-refractivity contribution in [3.8, 4) is 0 Å². The van der Waals surface area contributed by atoms with E-state index in [0.29, 0.717) is 0 Å². The number of nitrogens with one attached hydrogen (secondary N) is 1. The number of amides is 1. The number of hydrogen-bond acceptors (Lipinski definition) is 4. The highest BCUT2D eigenvalue weighted by atomic mass is 19.2. The summed E-state index contributed by atoms with van der Waals surface area (Å²) in [6.45, 7) is 1.62. The fraction of sp³-hybridized carbons (Fsp3) is 0.455. The summed E-state index contributed by atoms with van der Waals surface area (Å²) in [6.07, 6.45) is 0.339. The molecule has 1 unspecified atom stereocenters. The Labute approximate surface area is 103 Å². The van der Waals surface area contributed by atoms with Gasteiger partial charge in [0.05, 0.1) is 11.6 Å². The lowest BCUT2D eigenvalue weighted by Crippen LogP contribution is -2.43. The molecular weight excluding hydrogens is 246 g/mol. The predicted molar refractivity (Wildman–Crippen MR) is 58.9 cm³/mol. The van der Waals surface area contributed by atoms with Gasteiger partial charge in [0.1, 0.15) is 0 Å². The first-order valence-corrected chi connectivity index (χ1v) is 5.17. The van der Waals surface area contributed by atoms with Crippen molar-refractivity contribution in [2.45, 2.75) is 19.3 Å². The third kappa shape index (κ3) is 3.21. The number of pyridine rings is 1. The summed E-state index contributed by atoms with van der Waals surface area (Å²) in [4.78, 5) is 14.8. The van der Waals surface area contributed by atoms with Gasteiger partial charge in [-0.15, -0.1) is 0 Å². The van der Waals surface area contributed by atoms with E-state index in [1.807, 2.05) is 0 Å². The third-order valence-corrected chi connectivity index (χ3v) is 2.32. The van der Waals surface area contributed by atoms with Crippen molar-refractivity contribution in [2.75, 3.05) is 14.2 Å². The molecule has 1 atom stereocenters. The predicted octanol–water partition coefficient (Wildman–Crippen LogP) is 1.10. The summed E-state index contributed by atoms with van der Waals surface area (Å²) >= 11 is 0. The molecule has 0 radical (unpaired) electrons. The number of hydrogen-bond donors (Lipinski definition) is 1. The first-order chi connectivity index (χ1) is 8.51. The molecule has 0 fully saturated rings. The Morgan fingerprint density at radius 2 is 2.00 bits per heavy atom. The molecule has 0 aliphatic carbocycles. The maximum atomic E-state index is 13.3. The second-order valence-electron chi connectivity index (χ2n) is 3.57. The summed E-state index contributed by atoms with van der Waals surface area (Å²) in [5.74, 6) is -3.36. The average Bonchev–Trinajstić information content (AvgIpc) is 2.34. The Balaban J connectivity index is 2.79. The number of carbonyl (C=O) groups excluding carboxylic acids is 1. The number of aromatic nitrogens is 1. The molecule has 7 heteroatoms. The second kappa shape index (κ2) is 6.36. The van der Waals surface area contributed by atoms with E-state index in [0.717, 1.165) is 12.3 Å². The highest BCUT2D eigenvalue weighted by Gasteiger charge is 2.22. The smallest absolute Gasteiger partial charge is 0.254 e. The number of methoxy groups -OCH3 is 2. The molecule has 1 rings (SSSR count). The molecule has 18 heavy (non-hydrogen) atoms. The van der Waals surface area contributed by atoms with Crippen LogP contribution >= 0.6 is 0 Å². The van der Waals surface area contributed by atoms with E-state index >= 15 is 0 Å². The molecule has 0 bridgehead atoms. The fourth-order valence-electron chi connectivity index (χ4n) is 1.45. The molecule has 0 aliphatic heterocycles. The van der Waals surface area contributed by atoms with Crippen molar-refractivity contribution in [1.82, 2.24) is 10.3 Å². The van der Waals surface area contributed by atoms with Crippen LogP contribution in [0.25, 0.3) is 0 Å². The fourth-order valence-corrected chi connectivity index (χ4v) is 1.45. The van der Waals surface area contributed by atoms with Crippen LogP contribution in [-0.4, -0.2) is 37.4 Å². The van der Waals surface area contributed by atoms with E-state index in [2.05, 4.69) is 10.3 Å². The van der Waals surface area contributed by atoms with Crippen molar-refractivity contribution < 1.29 is 23.0 Å². The van der Waals surface area contributed by atoms with Crippen molar-refractivity contribution in [3.05, 3.63) is 29.6 Å². The van der Waals surface area contributed by atoms with Gasteiger partial charge in [0.2, 0.25) is 5.95 Å². The third-order valence-electron chi connectivity index (χ3n) is 2.32. The van der Waals surface area contributed by atoms with E-state index in [1.165, 1.54) is 14.2 Å². The molecule has 0 spiro atoms. The van der Waals surface area contributed by atoms with Gasteiger partial charge in [0, 0.05) is 20.4 Å². The molecule has 0 aliphatic rings. The van der Waals surface area contributed by atoms with E-state index in [1.54, 1.807) is 6.92 Å². The Morgan fingerprint density at radius 3 is 2.56 bits per heavy atom. The Bertz CT molecular complexity index is 425. The van der Waals surface area contributed by atoms with Crippen LogP contribution in [0.3, 0.4) is 0 Å². The molecule has 1 heterocycles. The lowest BCUT2D eigenvalue weighted by molar-refractivity contribution is -0.117. The summed E-state index contributed by atoms with van der Waals surface area (Å²) in [5.41, 5.74) is -0.416. The number of nitrogens with zero attached hydrogens (tertiary/aromatic N) is 1. The summed E-state index contributed by atoms with van der Waals surface area (Å²) in [7, 11) is 2.81. The molecule has 0 aromatic carbocycles. The highest BCUT2D eigenvalue weighted by Crippen LogP contribution is 2.09. The van der Waals surface area contributed by atoms with Crippen LogP contribution in [0.4, 0.5) is 8.78 Å². The van der Waals surface area contributed by atoms with Crippen LogP contribution in [-0.2, 0) is 9.47 Å². The SMILES string of the molecule is COC(OC)C(C)NC(=O)c1ccnc(F)c1F. The molecule has 1 aromatic rings. The van der Waals surface area contributed by atoms with E-state index in [4.69, 9.17) is 9.47 Å². The largest absolute Gasteiger partial charge is 0.354 e. The lowest BCUT2D eigenvalue weighted by Gasteiger charge is -2.22. The van der Waals surface area contributed by atoms with Gasteiger partial charge in [-0.2, -0.15) is 4.39 Å². The minimum absolute atomic E-state index is 0.416. The van der Waals surface area contributed by atoms with Crippen LogP contribution in [0.2, 0.25) is 0 Å². The van der Waals surface area contributed by atoms with Gasteiger partial charge < -0.3 is 14.8 Å². The minimum Gasteiger partial charge on any atom is -0.354 e. The van der Waals surface area contributed by atoms with Crippen molar-refractivity contribution in [3.63, 3.8) is 0 Å². The molecule has 1 N–H and O–H groups in total. The number of ether oxygens (including phenoxy) is 2. The first-order valence-electron chi connectivity index (χ1n) is 5.17. The van der Waals surface area contributed by atoms with Crippen LogP contribution in [0.5, 0.6) is 0 Å². The summed E-state index contributed by atoms with van der Waals surface area (Å²) < 4.78 is 36.0. The molecule has 100 valence electrons. The zero-order valence-corrected chi connectivity index (χ0v) is 10.2. The van der Waals surface area contributed by atoms with Gasteiger partial charge in [-0.1, -0.05) is 0 Å². The maximum absolute atomic E-state index is 13.3. The van der Waals surface area contributed by atoms with Gasteiger partial charge in [0.25, 0.3) is 5.91 Å². The zero-order chi connectivity index (χ0) is 13.7. The number of rotatable bonds is 5. The Hall–Kier alpha value is -1.60. The lowest BCUT2D eigenvalue weighted by atomic mass is 10.2. The maximum Gasteiger partial charge on any atom is 0.254 e. The van der Waals surface area contributed by atoms with E-state index in [9.17, 15) is 13.6 Å². The summed E-state index contributed by atoms with van der Waals surface area (Å²) in [5, 5.41) is 2.44. The van der Waals surface area contributed by atoms with Gasteiger partial charge in [0.15, 0.2) is 12.1 Å². The molecule has 1 amide bonds.